The van der Waals surface area contributed by atoms with Crippen LogP contribution in [0.15, 0.2) is 140 Å². The lowest BCUT2D eigenvalue weighted by molar-refractivity contribution is 0.476. The highest BCUT2D eigenvalue weighted by molar-refractivity contribution is 6.09. The largest absolute Gasteiger partial charge is 0.457 e. The molecule has 2 aliphatic rings. The van der Waals surface area contributed by atoms with E-state index < -0.39 is 0 Å². The highest BCUT2D eigenvalue weighted by Gasteiger charge is 2.32. The topological polar surface area (TPSA) is 46.4 Å². The number of ether oxygens (including phenoxy) is 1. The Labute approximate surface area is 322 Å². The van der Waals surface area contributed by atoms with E-state index in [1.807, 2.05) is 0 Å². The predicted octanol–water partition coefficient (Wildman–Crippen LogP) is 12.9. The van der Waals surface area contributed by atoms with E-state index in [2.05, 4.69) is 195 Å². The maximum atomic E-state index is 6.87. The van der Waals surface area contributed by atoms with Crippen molar-refractivity contribution in [3.8, 4) is 39.7 Å². The van der Waals surface area contributed by atoms with Gasteiger partial charge in [-0.05, 0) is 65.1 Å². The van der Waals surface area contributed by atoms with Gasteiger partial charge in [0.2, 0.25) is 0 Å². The van der Waals surface area contributed by atoms with E-state index in [0.29, 0.717) is 6.67 Å². The Hall–Kier alpha value is -6.40. The van der Waals surface area contributed by atoms with E-state index in [0.717, 1.165) is 84.7 Å². The third-order valence-electron chi connectivity index (χ3n) is 11.1. The van der Waals surface area contributed by atoms with Crippen molar-refractivity contribution in [1.82, 2.24) is 14.5 Å². The van der Waals surface area contributed by atoms with E-state index in [1.54, 1.807) is 0 Å². The molecule has 0 atom stereocenters. The molecule has 6 heteroatoms. The molecule has 55 heavy (non-hydrogen) atoms. The molecule has 8 aromatic rings. The molecule has 5 heterocycles. The molecular weight excluding hydrogens is 675 g/mol. The molecule has 5 aromatic carbocycles. The fourth-order valence-electron chi connectivity index (χ4n) is 8.17. The molecule has 0 amide bonds. The lowest BCUT2D eigenvalue weighted by Crippen LogP contribution is -2.26. The molecule has 0 aliphatic carbocycles. The zero-order chi connectivity index (χ0) is 37.6. The minimum atomic E-state index is -0.210. The highest BCUT2D eigenvalue weighted by Crippen LogP contribution is 2.49. The van der Waals surface area contributed by atoms with Crippen LogP contribution in [0.25, 0.3) is 50.0 Å². The Morgan fingerprint density at radius 3 is 1.91 bits per heavy atom. The van der Waals surface area contributed by atoms with Gasteiger partial charge in [0.05, 0.1) is 39.5 Å². The van der Waals surface area contributed by atoms with Gasteiger partial charge < -0.3 is 14.5 Å². The number of rotatable bonds is 0. The first-order valence-corrected chi connectivity index (χ1v) is 19.1. The number of hydrogen-bond donors (Lipinski definition) is 0. The maximum absolute atomic E-state index is 6.87. The average Bonchev–Trinajstić information content (AvgIpc) is 3.73. The molecule has 0 N–H and O–H groups in total. The van der Waals surface area contributed by atoms with Gasteiger partial charge in [-0.3, -0.25) is 4.57 Å². The van der Waals surface area contributed by atoms with Crippen molar-refractivity contribution < 1.29 is 4.74 Å². The minimum absolute atomic E-state index is 0.129. The van der Waals surface area contributed by atoms with Gasteiger partial charge in [0, 0.05) is 45.5 Å². The average molecular weight is 718 g/mol. The van der Waals surface area contributed by atoms with Crippen molar-refractivity contribution in [2.45, 2.75) is 52.4 Å². The molecule has 0 saturated carbocycles. The quantitative estimate of drug-likeness (QED) is 0.156. The van der Waals surface area contributed by atoms with Crippen molar-refractivity contribution in [1.29, 1.82) is 0 Å². The summed E-state index contributed by atoms with van der Waals surface area (Å²) in [5.74, 6) is 3.23. The van der Waals surface area contributed by atoms with Crippen LogP contribution in [0.2, 0.25) is 0 Å². The van der Waals surface area contributed by atoms with Gasteiger partial charge in [-0.1, -0.05) is 114 Å². The number of hydrogen-bond acceptors (Lipinski definition) is 5. The molecule has 10 rings (SSSR count). The second kappa shape index (κ2) is 12.1. The van der Waals surface area contributed by atoms with Crippen molar-refractivity contribution in [3.05, 3.63) is 151 Å². The third kappa shape index (κ3) is 5.46. The summed E-state index contributed by atoms with van der Waals surface area (Å²) in [7, 11) is 0. The van der Waals surface area contributed by atoms with Crippen molar-refractivity contribution in [2.24, 2.45) is 0 Å². The Morgan fingerprint density at radius 2 is 1.15 bits per heavy atom. The number of para-hydroxylation sites is 4. The number of pyridine rings is 2. The second-order valence-electron chi connectivity index (χ2n) is 16.8. The number of anilines is 4. The van der Waals surface area contributed by atoms with Crippen LogP contribution in [0.3, 0.4) is 0 Å². The summed E-state index contributed by atoms with van der Waals surface area (Å²) in [6, 6.07) is 49.9. The Balaban J connectivity index is 1.32. The maximum Gasteiger partial charge on any atom is 0.138 e. The van der Waals surface area contributed by atoms with Crippen molar-refractivity contribution >= 4 is 44.7 Å². The van der Waals surface area contributed by atoms with Crippen LogP contribution in [0.4, 0.5) is 22.9 Å². The highest BCUT2D eigenvalue weighted by atomic mass is 16.5. The molecule has 0 spiro atoms. The summed E-state index contributed by atoms with van der Waals surface area (Å²) in [5, 5.41) is 2.32. The zero-order valence-corrected chi connectivity index (χ0v) is 32.1. The van der Waals surface area contributed by atoms with Gasteiger partial charge in [-0.2, -0.15) is 0 Å². The fourth-order valence-corrected chi connectivity index (χ4v) is 8.17. The second-order valence-corrected chi connectivity index (χ2v) is 16.8. The van der Waals surface area contributed by atoms with Crippen LogP contribution in [-0.4, -0.2) is 21.2 Å². The summed E-state index contributed by atoms with van der Waals surface area (Å²) < 4.78 is 9.18. The van der Waals surface area contributed by atoms with E-state index in [-0.39, 0.29) is 10.8 Å². The van der Waals surface area contributed by atoms with Crippen LogP contribution in [-0.2, 0) is 10.8 Å². The molecule has 8 bridgehead atoms. The van der Waals surface area contributed by atoms with Gasteiger partial charge in [-0.15, -0.1) is 0 Å². The van der Waals surface area contributed by atoms with Crippen LogP contribution < -0.4 is 14.5 Å². The first kappa shape index (κ1) is 33.2. The molecule has 2 aliphatic heterocycles. The number of nitrogens with zero attached hydrogens (tertiary/aromatic N) is 5. The van der Waals surface area contributed by atoms with Gasteiger partial charge in [0.25, 0.3) is 0 Å². The van der Waals surface area contributed by atoms with Crippen LogP contribution in [0.5, 0.6) is 11.5 Å². The number of fused-ring (bicyclic) bond motifs is 20. The lowest BCUT2D eigenvalue weighted by Gasteiger charge is -2.26. The molecule has 0 fully saturated rings. The third-order valence-corrected chi connectivity index (χ3v) is 11.1. The Bertz CT molecular complexity index is 2820. The molecule has 270 valence electrons. The minimum Gasteiger partial charge on any atom is -0.457 e. The molecule has 0 unspecified atom stereocenters. The first-order valence-electron chi connectivity index (χ1n) is 19.1. The van der Waals surface area contributed by atoms with Crippen molar-refractivity contribution in [3.63, 3.8) is 0 Å². The molecule has 6 nitrogen and oxygen atoms in total. The van der Waals surface area contributed by atoms with Crippen LogP contribution >= 0.6 is 0 Å². The normalized spacial score (nSPS) is 13.6. The van der Waals surface area contributed by atoms with E-state index >= 15 is 0 Å². The molecule has 0 saturated heterocycles. The summed E-state index contributed by atoms with van der Waals surface area (Å²) in [6.45, 7) is 14.0. The van der Waals surface area contributed by atoms with E-state index in [1.165, 1.54) is 10.9 Å². The smallest absolute Gasteiger partial charge is 0.138 e. The van der Waals surface area contributed by atoms with E-state index in [4.69, 9.17) is 14.7 Å². The van der Waals surface area contributed by atoms with Gasteiger partial charge in [0.15, 0.2) is 0 Å². The van der Waals surface area contributed by atoms with Crippen LogP contribution in [0.1, 0.15) is 52.8 Å². The van der Waals surface area contributed by atoms with Gasteiger partial charge in [-0.25, -0.2) is 9.97 Å². The first-order chi connectivity index (χ1) is 26.5. The fraction of sp³-hybridized carbons (Fsp3) is 0.184. The summed E-state index contributed by atoms with van der Waals surface area (Å²) in [5.41, 5.74) is 11.6. The van der Waals surface area contributed by atoms with Crippen LogP contribution in [0, 0.1) is 0 Å². The number of aromatic nitrogens is 3. The monoisotopic (exact) mass is 717 g/mol. The number of benzene rings is 5. The molecular formula is C49H43N5O. The molecule has 0 radical (unpaired) electrons. The van der Waals surface area contributed by atoms with Gasteiger partial charge >= 0.3 is 0 Å². The van der Waals surface area contributed by atoms with Gasteiger partial charge in [0.1, 0.15) is 29.8 Å². The summed E-state index contributed by atoms with van der Waals surface area (Å²) in [6.07, 6.45) is 0. The summed E-state index contributed by atoms with van der Waals surface area (Å²) in [4.78, 5) is 15.6. The molecule has 3 aromatic heterocycles. The lowest BCUT2D eigenvalue weighted by atomic mass is 9.86. The standard InChI is InChI=1S/C49H43N5O/c1-48(2,3)31-25-39-35-16-8-7-15-34(35)36-17-9-11-19-40(36)52-30-53(43-22-14-13-21-42(43)52)46-29-33(28-45(51-46)49(4,5)6)55-32-23-24-38-37-18-10-12-20-41(37)54(44(38)27-32)47(26-31)50-39/h7-29H,30H2,1-6H3. The summed E-state index contributed by atoms with van der Waals surface area (Å²) >= 11 is 0. The Morgan fingerprint density at radius 1 is 0.491 bits per heavy atom. The zero-order valence-electron chi connectivity index (χ0n) is 32.1. The SMILES string of the molecule is CC(C)(C)c1cc2nc(c1)-n1c3ccccc3c3ccc(cc31)Oc1cc(nc(C(C)(C)C)c1)N1CN(c3ccccc3-c3ccccc3-2)c2ccccc21. The Kier molecular flexibility index (Phi) is 7.27. The van der Waals surface area contributed by atoms with E-state index in [9.17, 15) is 0 Å². The predicted molar refractivity (Wildman–Crippen MR) is 227 cm³/mol. The van der Waals surface area contributed by atoms with Crippen molar-refractivity contribution in [2.75, 3.05) is 16.5 Å².